The summed E-state index contributed by atoms with van der Waals surface area (Å²) in [4.78, 5) is 17.1. The molecule has 3 rings (SSSR count). The lowest BCUT2D eigenvalue weighted by atomic mass is 10.1. The first-order valence-electron chi connectivity index (χ1n) is 7.20. The second-order valence-electron chi connectivity index (χ2n) is 5.60. The van der Waals surface area contributed by atoms with Crippen molar-refractivity contribution in [1.29, 1.82) is 0 Å². The van der Waals surface area contributed by atoms with Crippen LogP contribution in [-0.4, -0.2) is 48.3 Å². The van der Waals surface area contributed by atoms with E-state index in [-0.39, 0.29) is 21.7 Å². The lowest BCUT2D eigenvalue weighted by molar-refractivity contribution is 0.0931. The number of sulfonamides is 1. The second-order valence-corrected chi connectivity index (χ2v) is 8.64. The molecule has 1 atom stereocenters. The number of aryl methyl sites for hydroxylation is 1. The number of amides is 1. The van der Waals surface area contributed by atoms with Gasteiger partial charge in [0.15, 0.2) is 0 Å². The number of imidazole rings is 1. The molecule has 7 nitrogen and oxygen atoms in total. The number of nitrogens with one attached hydrogen (secondary N) is 1. The van der Waals surface area contributed by atoms with Crippen LogP contribution in [0.5, 0.6) is 0 Å². The Hall–Kier alpha value is -1.71. The molecule has 0 spiro atoms. The van der Waals surface area contributed by atoms with E-state index < -0.39 is 10.0 Å². The van der Waals surface area contributed by atoms with Gasteiger partial charge < -0.3 is 9.88 Å². The number of fused-ring (bicyclic) bond motifs is 1. The molecule has 0 bridgehead atoms. The van der Waals surface area contributed by atoms with E-state index in [1.165, 1.54) is 20.2 Å². The van der Waals surface area contributed by atoms with Crippen LogP contribution in [0.1, 0.15) is 21.9 Å². The third kappa shape index (κ3) is 3.04. The molecular weight excluding hydrogens is 336 g/mol. The average molecular weight is 354 g/mol. The molecule has 124 valence electrons. The minimum absolute atomic E-state index is 0.0330. The van der Waals surface area contributed by atoms with Crippen LogP contribution in [0, 0.1) is 0 Å². The van der Waals surface area contributed by atoms with Gasteiger partial charge in [-0.25, -0.2) is 17.7 Å². The molecular formula is C14H18N4O3S2. The monoisotopic (exact) mass is 354 g/mol. The highest BCUT2D eigenvalue weighted by molar-refractivity contribution is 7.89. The summed E-state index contributed by atoms with van der Waals surface area (Å²) in [6, 6.07) is 1.44. The summed E-state index contributed by atoms with van der Waals surface area (Å²) in [5.41, 5.74) is 0. The van der Waals surface area contributed by atoms with Crippen LogP contribution in [0.25, 0.3) is 0 Å². The quantitative estimate of drug-likeness (QED) is 0.886. The third-order valence-corrected chi connectivity index (χ3v) is 6.78. The van der Waals surface area contributed by atoms with E-state index in [0.717, 1.165) is 34.4 Å². The maximum Gasteiger partial charge on any atom is 0.262 e. The number of rotatable bonds is 4. The lowest BCUT2D eigenvalue weighted by Crippen LogP contribution is -2.40. The van der Waals surface area contributed by atoms with E-state index in [9.17, 15) is 13.2 Å². The minimum Gasteiger partial charge on any atom is -0.348 e. The summed E-state index contributed by atoms with van der Waals surface area (Å²) < 4.78 is 27.7. The number of nitrogens with zero attached hydrogens (tertiary/aromatic N) is 3. The van der Waals surface area contributed by atoms with Crippen molar-refractivity contribution in [3.8, 4) is 0 Å². The number of aromatic nitrogens is 2. The van der Waals surface area contributed by atoms with Crippen molar-refractivity contribution < 1.29 is 13.2 Å². The molecule has 0 aromatic carbocycles. The van der Waals surface area contributed by atoms with Crippen molar-refractivity contribution in [3.05, 3.63) is 34.5 Å². The zero-order valence-corrected chi connectivity index (χ0v) is 14.5. The summed E-state index contributed by atoms with van der Waals surface area (Å²) in [6.07, 6.45) is 5.13. The molecule has 0 saturated heterocycles. The van der Waals surface area contributed by atoms with Gasteiger partial charge >= 0.3 is 0 Å². The van der Waals surface area contributed by atoms with Crippen LogP contribution in [-0.2, 0) is 23.0 Å². The van der Waals surface area contributed by atoms with Crippen LogP contribution >= 0.6 is 11.3 Å². The van der Waals surface area contributed by atoms with Gasteiger partial charge in [-0.1, -0.05) is 0 Å². The SMILES string of the molecule is CN(C)S(=O)(=O)c1ccsc1C(=O)NC1CCn2ccnc2C1. The lowest BCUT2D eigenvalue weighted by Gasteiger charge is -2.24. The Labute approximate surface area is 139 Å². The summed E-state index contributed by atoms with van der Waals surface area (Å²) in [6.45, 7) is 0.799. The topological polar surface area (TPSA) is 84.3 Å². The average Bonchev–Trinajstić information content (AvgIpc) is 3.15. The van der Waals surface area contributed by atoms with Crippen molar-refractivity contribution in [2.45, 2.75) is 30.3 Å². The van der Waals surface area contributed by atoms with Gasteiger partial charge in [0.25, 0.3) is 5.91 Å². The van der Waals surface area contributed by atoms with Crippen LogP contribution in [0.2, 0.25) is 0 Å². The van der Waals surface area contributed by atoms with E-state index in [1.807, 2.05) is 6.20 Å². The number of hydrogen-bond acceptors (Lipinski definition) is 5. The summed E-state index contributed by atoms with van der Waals surface area (Å²) in [7, 11) is -0.715. The number of hydrogen-bond donors (Lipinski definition) is 1. The van der Waals surface area contributed by atoms with Gasteiger partial charge in [0.05, 0.1) is 0 Å². The molecule has 1 aliphatic rings. The molecule has 9 heteroatoms. The molecule has 1 N–H and O–H groups in total. The van der Waals surface area contributed by atoms with Crippen LogP contribution in [0.3, 0.4) is 0 Å². The summed E-state index contributed by atoms with van der Waals surface area (Å²) in [5, 5.41) is 4.56. The number of carbonyl (C=O) groups excluding carboxylic acids is 1. The second kappa shape index (κ2) is 6.06. The molecule has 2 aromatic rings. The van der Waals surface area contributed by atoms with Crippen LogP contribution in [0.4, 0.5) is 0 Å². The molecule has 23 heavy (non-hydrogen) atoms. The maximum absolute atomic E-state index is 12.5. The molecule has 1 aliphatic heterocycles. The van der Waals surface area contributed by atoms with Gasteiger partial charge in [0.2, 0.25) is 10.0 Å². The van der Waals surface area contributed by atoms with E-state index in [1.54, 1.807) is 11.6 Å². The van der Waals surface area contributed by atoms with Crippen LogP contribution < -0.4 is 5.32 Å². The zero-order valence-electron chi connectivity index (χ0n) is 12.9. The first-order chi connectivity index (χ1) is 10.9. The van der Waals surface area contributed by atoms with Crippen molar-refractivity contribution in [1.82, 2.24) is 19.2 Å². The third-order valence-electron chi connectivity index (χ3n) is 3.88. The van der Waals surface area contributed by atoms with E-state index in [2.05, 4.69) is 14.9 Å². The fourth-order valence-electron chi connectivity index (χ4n) is 2.59. The number of carbonyl (C=O) groups is 1. The normalized spacial score (nSPS) is 18.0. The Bertz CT molecular complexity index is 823. The predicted molar refractivity (Wildman–Crippen MR) is 87.0 cm³/mol. The smallest absolute Gasteiger partial charge is 0.262 e. The first-order valence-corrected chi connectivity index (χ1v) is 9.52. The van der Waals surface area contributed by atoms with Gasteiger partial charge in [0.1, 0.15) is 15.6 Å². The first kappa shape index (κ1) is 16.2. The Balaban J connectivity index is 1.77. The standard InChI is InChI=1S/C14H18N4O3S2/c1-17(2)23(20,21)11-4-8-22-13(11)14(19)16-10-3-6-18-7-5-15-12(18)9-10/h4-5,7-8,10H,3,6,9H2,1-2H3,(H,16,19). The number of thiophene rings is 1. The Morgan fingerprint density at radius 1 is 1.48 bits per heavy atom. The van der Waals surface area contributed by atoms with Gasteiger partial charge in [-0.2, -0.15) is 0 Å². The minimum atomic E-state index is -3.62. The van der Waals surface area contributed by atoms with Crippen LogP contribution in [0.15, 0.2) is 28.7 Å². The zero-order chi connectivity index (χ0) is 16.6. The van der Waals surface area contributed by atoms with Crippen molar-refractivity contribution >= 4 is 27.3 Å². The predicted octanol–water partition coefficient (Wildman–Crippen LogP) is 0.940. The maximum atomic E-state index is 12.5. The van der Waals surface area contributed by atoms with E-state index >= 15 is 0 Å². The highest BCUT2D eigenvalue weighted by atomic mass is 32.2. The van der Waals surface area contributed by atoms with Gasteiger partial charge in [-0.15, -0.1) is 11.3 Å². The van der Waals surface area contributed by atoms with Crippen molar-refractivity contribution in [2.24, 2.45) is 0 Å². The molecule has 3 heterocycles. The molecule has 1 amide bonds. The van der Waals surface area contributed by atoms with E-state index in [4.69, 9.17) is 0 Å². The largest absolute Gasteiger partial charge is 0.348 e. The Morgan fingerprint density at radius 2 is 2.26 bits per heavy atom. The molecule has 0 fully saturated rings. The molecule has 0 radical (unpaired) electrons. The summed E-state index contributed by atoms with van der Waals surface area (Å²) >= 11 is 1.14. The molecule has 0 saturated carbocycles. The fourth-order valence-corrected chi connectivity index (χ4v) is 4.79. The highest BCUT2D eigenvalue weighted by Crippen LogP contribution is 2.24. The van der Waals surface area contributed by atoms with E-state index in [0.29, 0.717) is 6.42 Å². The Morgan fingerprint density at radius 3 is 3.00 bits per heavy atom. The van der Waals surface area contributed by atoms with Crippen molar-refractivity contribution in [3.63, 3.8) is 0 Å². The molecule has 0 aliphatic carbocycles. The molecule has 2 aromatic heterocycles. The Kier molecular flexibility index (Phi) is 4.26. The fraction of sp³-hybridized carbons (Fsp3) is 0.429. The van der Waals surface area contributed by atoms with Gasteiger partial charge in [0, 0.05) is 45.5 Å². The summed E-state index contributed by atoms with van der Waals surface area (Å²) in [5.74, 6) is 0.597. The highest BCUT2D eigenvalue weighted by Gasteiger charge is 2.28. The molecule has 1 unspecified atom stereocenters. The van der Waals surface area contributed by atoms with Crippen molar-refractivity contribution in [2.75, 3.05) is 14.1 Å². The van der Waals surface area contributed by atoms with Gasteiger partial charge in [-0.3, -0.25) is 4.79 Å². The van der Waals surface area contributed by atoms with Gasteiger partial charge in [-0.05, 0) is 17.9 Å².